The van der Waals surface area contributed by atoms with Crippen molar-refractivity contribution in [1.29, 1.82) is 0 Å². The van der Waals surface area contributed by atoms with E-state index in [2.05, 4.69) is 0 Å². The Balaban J connectivity index is 2.33. The molecule has 1 aromatic rings. The fraction of sp³-hybridized carbons (Fsp3) is 0.692. The summed E-state index contributed by atoms with van der Waals surface area (Å²) in [5.74, 6) is 0. The van der Waals surface area contributed by atoms with Crippen LogP contribution in [0.15, 0.2) is 15.8 Å². The van der Waals surface area contributed by atoms with E-state index >= 15 is 0 Å². The van der Waals surface area contributed by atoms with Gasteiger partial charge in [-0.2, -0.15) is 0 Å². The van der Waals surface area contributed by atoms with Gasteiger partial charge in [0.15, 0.2) is 0 Å². The molecule has 1 aliphatic rings. The Morgan fingerprint density at radius 3 is 2.68 bits per heavy atom. The summed E-state index contributed by atoms with van der Waals surface area (Å²) in [7, 11) is 0. The van der Waals surface area contributed by atoms with Crippen molar-refractivity contribution in [2.75, 3.05) is 5.73 Å². The molecule has 1 fully saturated rings. The second kappa shape index (κ2) is 4.85. The van der Waals surface area contributed by atoms with Gasteiger partial charge in [-0.15, -0.1) is 0 Å². The molecule has 1 unspecified atom stereocenters. The highest BCUT2D eigenvalue weighted by atomic mass is 16.5. The van der Waals surface area contributed by atoms with Crippen LogP contribution >= 0.6 is 0 Å². The van der Waals surface area contributed by atoms with E-state index in [4.69, 9.17) is 10.5 Å². The maximum Gasteiger partial charge on any atom is 0.331 e. The molecule has 1 aliphatic heterocycles. The number of hydrogen-bond acceptors (Lipinski definition) is 4. The van der Waals surface area contributed by atoms with E-state index < -0.39 is 5.56 Å². The molecule has 1 aromatic heterocycles. The Hall–Kier alpha value is -1.56. The molecule has 0 amide bonds. The van der Waals surface area contributed by atoms with Crippen LogP contribution in [0.5, 0.6) is 0 Å². The van der Waals surface area contributed by atoms with E-state index in [1.165, 1.54) is 15.3 Å². The predicted octanol–water partition coefficient (Wildman–Crippen LogP) is 0.570. The van der Waals surface area contributed by atoms with Crippen molar-refractivity contribution < 1.29 is 4.74 Å². The third-order valence-corrected chi connectivity index (χ3v) is 3.54. The molecule has 0 aromatic carbocycles. The third-order valence-electron chi connectivity index (χ3n) is 3.54. The number of anilines is 1. The van der Waals surface area contributed by atoms with Crippen molar-refractivity contribution >= 4 is 5.69 Å². The molecule has 0 radical (unpaired) electrons. The summed E-state index contributed by atoms with van der Waals surface area (Å²) in [6, 6.07) is 0. The number of ether oxygens (including phenoxy) is 1. The van der Waals surface area contributed by atoms with Gasteiger partial charge in [-0.3, -0.25) is 13.9 Å². The molecule has 106 valence electrons. The van der Waals surface area contributed by atoms with Gasteiger partial charge in [0, 0.05) is 12.7 Å². The van der Waals surface area contributed by atoms with Crippen LogP contribution < -0.4 is 17.0 Å². The van der Waals surface area contributed by atoms with Crippen LogP contribution in [0.4, 0.5) is 5.69 Å². The summed E-state index contributed by atoms with van der Waals surface area (Å²) >= 11 is 0. The first kappa shape index (κ1) is 13.9. The van der Waals surface area contributed by atoms with E-state index in [9.17, 15) is 9.59 Å². The topological polar surface area (TPSA) is 79.2 Å². The molecule has 1 saturated heterocycles. The van der Waals surface area contributed by atoms with Crippen molar-refractivity contribution in [1.82, 2.24) is 9.13 Å². The predicted molar refractivity (Wildman–Crippen MR) is 73.2 cm³/mol. The summed E-state index contributed by atoms with van der Waals surface area (Å²) in [6.07, 6.45) is 3.07. The molecule has 6 nitrogen and oxygen atoms in total. The summed E-state index contributed by atoms with van der Waals surface area (Å²) in [5.41, 5.74) is 4.82. The molecule has 0 saturated carbocycles. The lowest BCUT2D eigenvalue weighted by Gasteiger charge is -2.20. The van der Waals surface area contributed by atoms with Gasteiger partial charge in [-0.25, -0.2) is 4.79 Å². The molecule has 0 aliphatic carbocycles. The quantitative estimate of drug-likeness (QED) is 0.868. The van der Waals surface area contributed by atoms with Crippen LogP contribution in [0.3, 0.4) is 0 Å². The highest BCUT2D eigenvalue weighted by Gasteiger charge is 2.32. The van der Waals surface area contributed by atoms with Gasteiger partial charge >= 0.3 is 5.69 Å². The second-order valence-electron chi connectivity index (χ2n) is 5.61. The van der Waals surface area contributed by atoms with Crippen molar-refractivity contribution in [3.05, 3.63) is 27.0 Å². The van der Waals surface area contributed by atoms with Crippen LogP contribution in [-0.2, 0) is 17.8 Å². The van der Waals surface area contributed by atoms with Crippen molar-refractivity contribution in [3.63, 3.8) is 0 Å². The number of nitrogen functional groups attached to an aromatic ring is 1. The van der Waals surface area contributed by atoms with Gasteiger partial charge in [-0.1, -0.05) is 0 Å². The minimum Gasteiger partial charge on any atom is -0.393 e. The summed E-state index contributed by atoms with van der Waals surface area (Å²) in [5, 5.41) is 0. The minimum atomic E-state index is -0.428. The number of rotatable bonds is 3. The Morgan fingerprint density at radius 1 is 1.47 bits per heavy atom. The fourth-order valence-corrected chi connectivity index (χ4v) is 2.47. The van der Waals surface area contributed by atoms with Gasteiger partial charge in [0.2, 0.25) is 0 Å². The van der Waals surface area contributed by atoms with Crippen LogP contribution in [0.2, 0.25) is 0 Å². The van der Waals surface area contributed by atoms with E-state index in [1.807, 2.05) is 20.8 Å². The largest absolute Gasteiger partial charge is 0.393 e. The molecule has 0 spiro atoms. The molecule has 2 heterocycles. The van der Waals surface area contributed by atoms with Crippen LogP contribution in [0.1, 0.15) is 33.6 Å². The lowest BCUT2D eigenvalue weighted by molar-refractivity contribution is -0.0226. The van der Waals surface area contributed by atoms with Gasteiger partial charge in [0.25, 0.3) is 5.56 Å². The van der Waals surface area contributed by atoms with E-state index in [0.29, 0.717) is 6.54 Å². The van der Waals surface area contributed by atoms with Crippen LogP contribution in [0.25, 0.3) is 0 Å². The van der Waals surface area contributed by atoms with Crippen molar-refractivity contribution in [3.8, 4) is 0 Å². The van der Waals surface area contributed by atoms with Crippen molar-refractivity contribution in [2.45, 2.75) is 58.4 Å². The molecule has 6 heteroatoms. The Kier molecular flexibility index (Phi) is 3.54. The normalized spacial score (nSPS) is 21.7. The van der Waals surface area contributed by atoms with Gasteiger partial charge in [0.05, 0.1) is 18.2 Å². The molecule has 1 atom stereocenters. The zero-order chi connectivity index (χ0) is 14.2. The zero-order valence-corrected chi connectivity index (χ0v) is 11.7. The average molecular weight is 267 g/mol. The maximum atomic E-state index is 12.1. The van der Waals surface area contributed by atoms with E-state index in [-0.39, 0.29) is 29.6 Å². The third kappa shape index (κ3) is 2.73. The molecule has 19 heavy (non-hydrogen) atoms. The first-order valence-electron chi connectivity index (χ1n) is 6.61. The number of nitrogens with two attached hydrogens (primary N) is 1. The molecular weight excluding hydrogens is 246 g/mol. The molecule has 0 bridgehead atoms. The van der Waals surface area contributed by atoms with E-state index in [0.717, 1.165) is 12.8 Å². The fourth-order valence-electron chi connectivity index (χ4n) is 2.47. The number of nitrogens with zero attached hydrogens (tertiary/aromatic N) is 2. The van der Waals surface area contributed by atoms with Crippen LogP contribution in [-0.4, -0.2) is 20.8 Å². The highest BCUT2D eigenvalue weighted by Crippen LogP contribution is 2.29. The van der Waals surface area contributed by atoms with Gasteiger partial charge in [0.1, 0.15) is 5.69 Å². The van der Waals surface area contributed by atoms with Crippen molar-refractivity contribution in [2.24, 2.45) is 0 Å². The second-order valence-corrected chi connectivity index (χ2v) is 5.61. The molecular formula is C13H21N3O3. The number of hydrogen-bond donors (Lipinski definition) is 1. The molecule has 2 N–H and O–H groups in total. The SMILES string of the molecule is CCn1cc(N)c(=O)n(CC2CCC(C)(C)O2)c1=O. The smallest absolute Gasteiger partial charge is 0.331 e. The Labute approximate surface area is 111 Å². The zero-order valence-electron chi connectivity index (χ0n) is 11.7. The maximum absolute atomic E-state index is 12.1. The number of aryl methyl sites for hydroxylation is 1. The minimum absolute atomic E-state index is 0.0960. The summed E-state index contributed by atoms with van der Waals surface area (Å²) < 4.78 is 8.45. The molecule has 2 rings (SSSR count). The average Bonchev–Trinajstić information content (AvgIpc) is 2.69. The standard InChI is InChI=1S/C13H21N3O3/c1-4-15-8-10(14)11(17)16(12(15)18)7-9-5-6-13(2,3)19-9/h8-9H,4-7,14H2,1-3H3. The van der Waals surface area contributed by atoms with E-state index in [1.54, 1.807) is 0 Å². The lowest BCUT2D eigenvalue weighted by Crippen LogP contribution is -2.43. The highest BCUT2D eigenvalue weighted by molar-refractivity contribution is 5.30. The van der Waals surface area contributed by atoms with Gasteiger partial charge in [-0.05, 0) is 33.6 Å². The Morgan fingerprint density at radius 2 is 2.16 bits per heavy atom. The first-order valence-corrected chi connectivity index (χ1v) is 6.61. The summed E-state index contributed by atoms with van der Waals surface area (Å²) in [4.78, 5) is 24.1. The summed E-state index contributed by atoms with van der Waals surface area (Å²) in [6.45, 7) is 6.62. The monoisotopic (exact) mass is 267 g/mol. The van der Waals surface area contributed by atoms with Gasteiger partial charge < -0.3 is 10.5 Å². The number of aromatic nitrogens is 2. The lowest BCUT2D eigenvalue weighted by atomic mass is 10.1. The Bertz CT molecular complexity index is 586. The van der Waals surface area contributed by atoms with Crippen LogP contribution in [0, 0.1) is 0 Å². The first-order chi connectivity index (χ1) is 8.84.